The number of hydrogen-bond acceptors (Lipinski definition) is 4. The van der Waals surface area contributed by atoms with E-state index in [0.717, 1.165) is 29.9 Å². The van der Waals surface area contributed by atoms with Gasteiger partial charge in [0.05, 0.1) is 5.75 Å². The molecule has 0 aliphatic carbocycles. The minimum atomic E-state index is -2.90. The molecule has 1 heterocycles. The van der Waals surface area contributed by atoms with Crippen LogP contribution in [0.3, 0.4) is 0 Å². The van der Waals surface area contributed by atoms with Crippen molar-refractivity contribution >= 4 is 21.2 Å². The van der Waals surface area contributed by atoms with Crippen molar-refractivity contribution in [3.63, 3.8) is 0 Å². The molecule has 0 radical (unpaired) electrons. The van der Waals surface area contributed by atoms with Gasteiger partial charge in [-0.05, 0) is 18.6 Å². The Balaban J connectivity index is 2.15. The number of hydrogen-bond donors (Lipinski definition) is 1. The van der Waals surface area contributed by atoms with Crippen molar-refractivity contribution in [3.8, 4) is 0 Å². The molecule has 2 N–H and O–H groups in total. The molecule has 0 atom stereocenters. The zero-order valence-corrected chi connectivity index (χ0v) is 10.1. The smallest absolute Gasteiger partial charge is 0.149 e. The van der Waals surface area contributed by atoms with E-state index in [-0.39, 0.29) is 5.75 Å². The van der Waals surface area contributed by atoms with Gasteiger partial charge in [-0.2, -0.15) is 0 Å². The van der Waals surface area contributed by atoms with Crippen LogP contribution >= 0.6 is 0 Å². The van der Waals surface area contributed by atoms with Crippen molar-refractivity contribution in [2.24, 2.45) is 0 Å². The van der Waals surface area contributed by atoms with Gasteiger partial charge in [0.25, 0.3) is 0 Å². The second-order valence-electron chi connectivity index (χ2n) is 4.21. The van der Waals surface area contributed by atoms with Gasteiger partial charge in [-0.25, -0.2) is 8.42 Å². The van der Waals surface area contributed by atoms with E-state index < -0.39 is 9.84 Å². The Morgan fingerprint density at radius 1 is 1.44 bits per heavy atom. The summed E-state index contributed by atoms with van der Waals surface area (Å²) in [6, 6.07) is 5.80. The van der Waals surface area contributed by atoms with Crippen LogP contribution in [0.2, 0.25) is 0 Å². The minimum Gasteiger partial charge on any atom is -0.398 e. The highest BCUT2D eigenvalue weighted by Crippen LogP contribution is 2.31. The quantitative estimate of drug-likeness (QED) is 0.789. The highest BCUT2D eigenvalue weighted by molar-refractivity contribution is 7.90. The fourth-order valence-corrected chi connectivity index (χ4v) is 2.59. The summed E-state index contributed by atoms with van der Waals surface area (Å²) >= 11 is 0. The zero-order valence-electron chi connectivity index (χ0n) is 9.31. The number of sulfone groups is 1. The third-order valence-corrected chi connectivity index (χ3v) is 3.82. The molecule has 1 aromatic rings. The van der Waals surface area contributed by atoms with Crippen LogP contribution in [0.25, 0.3) is 0 Å². The predicted octanol–water partition coefficient (Wildman–Crippen LogP) is 0.676. The van der Waals surface area contributed by atoms with Gasteiger partial charge >= 0.3 is 0 Å². The molecule has 88 valence electrons. The van der Waals surface area contributed by atoms with Crippen molar-refractivity contribution in [2.75, 3.05) is 35.7 Å². The summed E-state index contributed by atoms with van der Waals surface area (Å²) in [4.78, 5) is 2.09. The maximum absolute atomic E-state index is 11.1. The molecule has 16 heavy (non-hydrogen) atoms. The number of benzene rings is 1. The van der Waals surface area contributed by atoms with Gasteiger partial charge in [-0.15, -0.1) is 0 Å². The Kier molecular flexibility index (Phi) is 2.80. The number of rotatable bonds is 3. The second kappa shape index (κ2) is 3.97. The highest BCUT2D eigenvalue weighted by Gasteiger charge is 2.21. The SMILES string of the molecule is CS(=O)(=O)CCN1CCc2c(N)cccc21. The van der Waals surface area contributed by atoms with Crippen LogP contribution in [0.15, 0.2) is 18.2 Å². The molecule has 0 bridgehead atoms. The molecule has 2 rings (SSSR count). The van der Waals surface area contributed by atoms with Crippen LogP contribution in [0, 0.1) is 0 Å². The third kappa shape index (κ3) is 2.29. The molecule has 0 saturated carbocycles. The monoisotopic (exact) mass is 240 g/mol. The van der Waals surface area contributed by atoms with Crippen LogP contribution in [0.5, 0.6) is 0 Å². The minimum absolute atomic E-state index is 0.196. The fourth-order valence-electron chi connectivity index (χ4n) is 2.04. The lowest BCUT2D eigenvalue weighted by atomic mass is 10.1. The molecule has 0 unspecified atom stereocenters. The largest absolute Gasteiger partial charge is 0.398 e. The van der Waals surface area contributed by atoms with Gasteiger partial charge in [0, 0.05) is 36.3 Å². The molecule has 0 aromatic heterocycles. The molecule has 0 amide bonds. The Hall–Kier alpha value is -1.23. The van der Waals surface area contributed by atoms with E-state index in [1.165, 1.54) is 6.26 Å². The van der Waals surface area contributed by atoms with E-state index >= 15 is 0 Å². The summed E-state index contributed by atoms with van der Waals surface area (Å²) < 4.78 is 22.2. The Morgan fingerprint density at radius 3 is 2.88 bits per heavy atom. The van der Waals surface area contributed by atoms with Gasteiger partial charge in [-0.3, -0.25) is 0 Å². The fraction of sp³-hybridized carbons (Fsp3) is 0.455. The number of nitrogen functional groups attached to an aromatic ring is 1. The second-order valence-corrected chi connectivity index (χ2v) is 6.47. The summed E-state index contributed by atoms with van der Waals surface area (Å²) in [5.74, 6) is 0.196. The maximum Gasteiger partial charge on any atom is 0.149 e. The van der Waals surface area contributed by atoms with E-state index in [2.05, 4.69) is 4.90 Å². The molecular formula is C11H16N2O2S. The molecular weight excluding hydrogens is 224 g/mol. The average Bonchev–Trinajstić information content (AvgIpc) is 2.58. The van der Waals surface area contributed by atoms with Crippen LogP contribution < -0.4 is 10.6 Å². The number of fused-ring (bicyclic) bond motifs is 1. The van der Waals surface area contributed by atoms with E-state index in [1.54, 1.807) is 0 Å². The van der Waals surface area contributed by atoms with Crippen molar-refractivity contribution in [1.29, 1.82) is 0 Å². The topological polar surface area (TPSA) is 63.4 Å². The first-order chi connectivity index (χ1) is 7.47. The number of nitrogens with two attached hydrogens (primary N) is 1. The summed E-state index contributed by atoms with van der Waals surface area (Å²) in [6.45, 7) is 1.41. The molecule has 0 fully saturated rings. The standard InChI is InChI=1S/C11H16N2O2S/c1-16(14,15)8-7-13-6-5-9-10(12)3-2-4-11(9)13/h2-4H,5-8,12H2,1H3. The predicted molar refractivity (Wildman–Crippen MR) is 66.5 cm³/mol. The van der Waals surface area contributed by atoms with Crippen molar-refractivity contribution in [2.45, 2.75) is 6.42 Å². The third-order valence-electron chi connectivity index (χ3n) is 2.89. The molecule has 5 heteroatoms. The zero-order chi connectivity index (χ0) is 11.8. The molecule has 1 aliphatic heterocycles. The summed E-state index contributed by atoms with van der Waals surface area (Å²) in [7, 11) is -2.90. The highest BCUT2D eigenvalue weighted by atomic mass is 32.2. The Morgan fingerprint density at radius 2 is 2.19 bits per heavy atom. The lowest BCUT2D eigenvalue weighted by molar-refractivity contribution is 0.600. The number of anilines is 2. The van der Waals surface area contributed by atoms with Gasteiger partial charge in [0.1, 0.15) is 9.84 Å². The molecule has 4 nitrogen and oxygen atoms in total. The van der Waals surface area contributed by atoms with Crippen molar-refractivity contribution in [1.82, 2.24) is 0 Å². The van der Waals surface area contributed by atoms with Gasteiger partial charge in [-0.1, -0.05) is 6.07 Å². The Bertz CT molecular complexity index is 497. The van der Waals surface area contributed by atoms with E-state index in [4.69, 9.17) is 5.73 Å². The van der Waals surface area contributed by atoms with Gasteiger partial charge in [0.15, 0.2) is 0 Å². The first-order valence-corrected chi connectivity index (χ1v) is 7.33. The Labute approximate surface area is 96.0 Å². The first-order valence-electron chi connectivity index (χ1n) is 5.27. The summed E-state index contributed by atoms with van der Waals surface area (Å²) in [5.41, 5.74) is 8.91. The average molecular weight is 240 g/mol. The van der Waals surface area contributed by atoms with Crippen LogP contribution in [-0.4, -0.2) is 33.5 Å². The lowest BCUT2D eigenvalue weighted by Gasteiger charge is -2.18. The van der Waals surface area contributed by atoms with Gasteiger partial charge in [0.2, 0.25) is 0 Å². The maximum atomic E-state index is 11.1. The van der Waals surface area contributed by atoms with Crippen LogP contribution in [0.4, 0.5) is 11.4 Å². The van der Waals surface area contributed by atoms with E-state index in [9.17, 15) is 8.42 Å². The molecule has 1 aromatic carbocycles. The van der Waals surface area contributed by atoms with Crippen molar-refractivity contribution < 1.29 is 8.42 Å². The van der Waals surface area contributed by atoms with Crippen LogP contribution in [-0.2, 0) is 16.3 Å². The van der Waals surface area contributed by atoms with E-state index in [1.807, 2.05) is 18.2 Å². The number of nitrogens with zero attached hydrogens (tertiary/aromatic N) is 1. The molecule has 0 spiro atoms. The van der Waals surface area contributed by atoms with Crippen LogP contribution in [0.1, 0.15) is 5.56 Å². The van der Waals surface area contributed by atoms with Gasteiger partial charge < -0.3 is 10.6 Å². The summed E-state index contributed by atoms with van der Waals surface area (Å²) in [5, 5.41) is 0. The first kappa shape index (κ1) is 11.3. The van der Waals surface area contributed by atoms with E-state index in [0.29, 0.717) is 6.54 Å². The van der Waals surface area contributed by atoms with Crippen molar-refractivity contribution in [3.05, 3.63) is 23.8 Å². The lowest BCUT2D eigenvalue weighted by Crippen LogP contribution is -2.27. The normalized spacial score (nSPS) is 15.2. The molecule has 0 saturated heterocycles. The summed E-state index contributed by atoms with van der Waals surface area (Å²) in [6.07, 6.45) is 2.18. The molecule has 1 aliphatic rings.